The van der Waals surface area contributed by atoms with Gasteiger partial charge in [-0.25, -0.2) is 0 Å². The Morgan fingerprint density at radius 2 is 0.952 bits per heavy atom. The number of fused-ring (bicyclic) bond motifs is 10. The highest BCUT2D eigenvalue weighted by Gasteiger charge is 2.46. The van der Waals surface area contributed by atoms with E-state index in [9.17, 15) is 0 Å². The predicted molar refractivity (Wildman–Crippen MR) is 354 cm³/mol. The lowest BCUT2D eigenvalue weighted by Crippen LogP contribution is -2.61. The van der Waals surface area contributed by atoms with Crippen molar-refractivity contribution in [2.75, 3.05) is 9.80 Å². The van der Waals surface area contributed by atoms with E-state index >= 15 is 0 Å². The summed E-state index contributed by atoms with van der Waals surface area (Å²) in [6, 6.07) is 89.1. The first kappa shape index (κ1) is 50.6. The zero-order valence-electron chi connectivity index (χ0n) is 48.5. The van der Waals surface area contributed by atoms with Crippen LogP contribution in [0.25, 0.3) is 82.8 Å². The summed E-state index contributed by atoms with van der Waals surface area (Å²) in [5.41, 5.74) is 26.8. The Balaban J connectivity index is 1.13. The Labute approximate surface area is 488 Å². The summed E-state index contributed by atoms with van der Waals surface area (Å²) in [7, 11) is 0. The molecule has 0 bridgehead atoms. The van der Waals surface area contributed by atoms with Gasteiger partial charge < -0.3 is 18.8 Å². The highest BCUT2D eigenvalue weighted by molar-refractivity contribution is 7.00. The molecule has 0 aliphatic carbocycles. The van der Waals surface area contributed by atoms with Gasteiger partial charge in [0.15, 0.2) is 0 Å². The second-order valence-electron chi connectivity index (χ2n) is 25.1. The number of rotatable bonds is 9. The van der Waals surface area contributed by atoms with Crippen LogP contribution < -0.4 is 26.2 Å². The van der Waals surface area contributed by atoms with Gasteiger partial charge in [-0.3, -0.25) is 0 Å². The summed E-state index contributed by atoms with van der Waals surface area (Å²) < 4.78 is 9.42. The van der Waals surface area contributed by atoms with Gasteiger partial charge in [0.25, 0.3) is 6.71 Å². The van der Waals surface area contributed by atoms with Gasteiger partial charge in [-0.1, -0.05) is 225 Å². The number of furan rings is 1. The lowest BCUT2D eigenvalue weighted by Gasteiger charge is -2.46. The van der Waals surface area contributed by atoms with Gasteiger partial charge in [0, 0.05) is 55.7 Å². The van der Waals surface area contributed by atoms with Gasteiger partial charge in [0.2, 0.25) is 0 Å². The molecule has 0 atom stereocenters. The van der Waals surface area contributed by atoms with Crippen molar-refractivity contribution in [3.05, 3.63) is 253 Å². The Bertz CT molecular complexity index is 4580. The van der Waals surface area contributed by atoms with Gasteiger partial charge in [0.1, 0.15) is 11.2 Å². The van der Waals surface area contributed by atoms with E-state index in [-0.39, 0.29) is 17.5 Å². The summed E-state index contributed by atoms with van der Waals surface area (Å²) >= 11 is 0. The highest BCUT2D eigenvalue weighted by Crippen LogP contribution is 2.54. The van der Waals surface area contributed by atoms with Crippen LogP contribution in [0.4, 0.5) is 34.1 Å². The van der Waals surface area contributed by atoms with Gasteiger partial charge in [-0.2, -0.15) is 0 Å². The number of aryl methyl sites for hydroxylation is 1. The second kappa shape index (κ2) is 19.4. The molecule has 402 valence electrons. The third-order valence-corrected chi connectivity index (χ3v) is 17.9. The first-order chi connectivity index (χ1) is 40.4. The van der Waals surface area contributed by atoms with Crippen molar-refractivity contribution in [1.82, 2.24) is 4.57 Å². The van der Waals surface area contributed by atoms with Crippen LogP contribution in [0, 0.1) is 0 Å². The number of hydrogen-bond donors (Lipinski definition) is 0. The van der Waals surface area contributed by atoms with Crippen LogP contribution in [0.1, 0.15) is 78.0 Å². The Hall–Kier alpha value is -9.32. The van der Waals surface area contributed by atoms with E-state index < -0.39 is 0 Å². The molecule has 2 aliphatic heterocycles. The number of anilines is 6. The lowest BCUT2D eigenvalue weighted by molar-refractivity contribution is 0.590. The van der Waals surface area contributed by atoms with E-state index in [2.05, 4.69) is 299 Å². The number of unbranched alkanes of at least 4 members (excludes halogenated alkanes) is 1. The van der Waals surface area contributed by atoms with Crippen molar-refractivity contribution in [1.29, 1.82) is 0 Å². The topological polar surface area (TPSA) is 24.6 Å². The maximum Gasteiger partial charge on any atom is 0.252 e. The fraction of sp³-hybridized carbons (Fsp3) is 0.154. The van der Waals surface area contributed by atoms with E-state index in [1.165, 1.54) is 122 Å². The molecule has 2 aromatic heterocycles. The van der Waals surface area contributed by atoms with Crippen molar-refractivity contribution in [2.24, 2.45) is 0 Å². The molecular formula is C78H66BN3O. The molecule has 0 unspecified atom stereocenters. The molecule has 2 aliphatic rings. The lowest BCUT2D eigenvalue weighted by atomic mass is 9.33. The molecule has 0 saturated carbocycles. The van der Waals surface area contributed by atoms with Crippen molar-refractivity contribution in [2.45, 2.75) is 78.6 Å². The van der Waals surface area contributed by atoms with E-state index in [0.717, 1.165) is 46.9 Å². The highest BCUT2D eigenvalue weighted by atomic mass is 16.3. The largest absolute Gasteiger partial charge is 0.456 e. The summed E-state index contributed by atoms with van der Waals surface area (Å²) in [6.45, 7) is 16.3. The molecule has 4 heterocycles. The molecule has 83 heavy (non-hydrogen) atoms. The molecule has 0 amide bonds. The van der Waals surface area contributed by atoms with Gasteiger partial charge in [-0.15, -0.1) is 0 Å². The van der Waals surface area contributed by atoms with Gasteiger partial charge in [0.05, 0.1) is 27.8 Å². The summed E-state index contributed by atoms with van der Waals surface area (Å²) in [5, 5.41) is 4.76. The molecule has 0 saturated heterocycles. The van der Waals surface area contributed by atoms with Crippen LogP contribution in [0.15, 0.2) is 241 Å². The fourth-order valence-corrected chi connectivity index (χ4v) is 13.7. The zero-order valence-corrected chi connectivity index (χ0v) is 48.5. The number of aromatic nitrogens is 1. The van der Waals surface area contributed by atoms with Gasteiger partial charge >= 0.3 is 0 Å². The van der Waals surface area contributed by atoms with Crippen LogP contribution in [0.3, 0.4) is 0 Å². The van der Waals surface area contributed by atoms with Crippen LogP contribution in [-0.4, -0.2) is 11.3 Å². The van der Waals surface area contributed by atoms with Crippen molar-refractivity contribution in [3.8, 4) is 39.1 Å². The Morgan fingerprint density at radius 3 is 1.55 bits per heavy atom. The Morgan fingerprint density at radius 1 is 0.410 bits per heavy atom. The van der Waals surface area contributed by atoms with Crippen LogP contribution in [0.2, 0.25) is 0 Å². The minimum Gasteiger partial charge on any atom is -0.456 e. The van der Waals surface area contributed by atoms with Gasteiger partial charge in [-0.05, 0) is 146 Å². The third kappa shape index (κ3) is 8.18. The monoisotopic (exact) mass is 1070 g/mol. The number of hydrogen-bond acceptors (Lipinski definition) is 3. The molecule has 15 rings (SSSR count). The maximum absolute atomic E-state index is 6.93. The van der Waals surface area contributed by atoms with Crippen molar-refractivity contribution >= 4 is 101 Å². The minimum absolute atomic E-state index is 0.136. The quantitative estimate of drug-likeness (QED) is 0.135. The molecule has 0 N–H and O–H groups in total. The van der Waals surface area contributed by atoms with E-state index in [4.69, 9.17) is 4.42 Å². The normalized spacial score (nSPS) is 13.1. The average Bonchev–Trinajstić information content (AvgIpc) is 2.24. The van der Waals surface area contributed by atoms with E-state index in [1.807, 2.05) is 0 Å². The van der Waals surface area contributed by atoms with Crippen molar-refractivity contribution in [3.63, 3.8) is 0 Å². The fourth-order valence-electron chi connectivity index (χ4n) is 13.7. The molecule has 0 fully saturated rings. The molecule has 4 nitrogen and oxygen atoms in total. The Kier molecular flexibility index (Phi) is 11.8. The SMILES string of the molecule is CCCCc1ccc2oc3ccccc3c2c1N1c2cc(-n3c4ccccc4c4ccccc43)ccc2B2c3cc(-c4ccccc4)ccc3N(c3c(-c4ccccc4)cc(C(C)(C)C)cc3-c3ccccc3)c3cc(C(C)(C)C)cc1c32. The summed E-state index contributed by atoms with van der Waals surface area (Å²) in [4.78, 5) is 5.39. The number of nitrogens with zero attached hydrogens (tertiary/aromatic N) is 3. The molecule has 0 radical (unpaired) electrons. The molecule has 0 spiro atoms. The minimum atomic E-state index is -0.249. The van der Waals surface area contributed by atoms with E-state index in [1.54, 1.807) is 0 Å². The summed E-state index contributed by atoms with van der Waals surface area (Å²) in [5.74, 6) is 0. The van der Waals surface area contributed by atoms with Crippen LogP contribution in [0.5, 0.6) is 0 Å². The van der Waals surface area contributed by atoms with Crippen LogP contribution in [-0.2, 0) is 17.3 Å². The first-order valence-electron chi connectivity index (χ1n) is 29.8. The molecule has 5 heteroatoms. The summed E-state index contributed by atoms with van der Waals surface area (Å²) in [6.07, 6.45) is 3.05. The zero-order chi connectivity index (χ0) is 56.3. The molecular weight excluding hydrogens is 1010 g/mol. The first-order valence-corrected chi connectivity index (χ1v) is 29.8. The predicted octanol–water partition coefficient (Wildman–Crippen LogP) is 19.7. The second-order valence-corrected chi connectivity index (χ2v) is 25.1. The average molecular weight is 1070 g/mol. The molecule has 11 aromatic carbocycles. The standard InChI is InChI=1S/C78H66BN3O/c1-8-9-25-53-39-43-72-73(60-34-21-24-37-71(60)83-72)75(53)82-68-49-57(80-65-35-22-19-32-58(65)59-33-20-23-36-66(59)80)40-41-63(68)79-64-44-54(50-26-13-10-14-27-50)38-42-67(64)81(69-47-56(78(5,6)7)48-70(82)74(69)79)76-61(51-28-15-11-16-29-51)45-55(77(2,3)4)46-62(76)52-30-17-12-18-31-52/h10-24,26-49H,8-9,25H2,1-7H3. The number of para-hydroxylation sites is 3. The van der Waals surface area contributed by atoms with Crippen molar-refractivity contribution < 1.29 is 4.42 Å². The number of benzene rings is 11. The molecule has 13 aromatic rings. The van der Waals surface area contributed by atoms with Crippen LogP contribution >= 0.6 is 0 Å². The maximum atomic E-state index is 6.93. The van der Waals surface area contributed by atoms with E-state index in [0.29, 0.717) is 0 Å². The third-order valence-electron chi connectivity index (χ3n) is 17.9. The smallest absolute Gasteiger partial charge is 0.252 e.